The topological polar surface area (TPSA) is 144 Å². The van der Waals surface area contributed by atoms with Crippen molar-refractivity contribution >= 4 is 46.5 Å². The van der Waals surface area contributed by atoms with Crippen LogP contribution in [0.2, 0.25) is 10.0 Å². The number of hydrogen-bond acceptors (Lipinski definition) is 10. The number of methoxy groups -OCH3 is 2. The molecular formula is C37H39Cl2N3O8S. The summed E-state index contributed by atoms with van der Waals surface area (Å²) in [6, 6.07) is 16.2. The molecule has 7 rings (SSSR count). The minimum atomic E-state index is -1.37. The number of nitrogens with one attached hydrogen (secondary N) is 1. The number of rotatable bonds is 13. The fourth-order valence-electron chi connectivity index (χ4n) is 7.19. The highest BCUT2D eigenvalue weighted by molar-refractivity contribution is 7.14. The molecule has 0 spiro atoms. The number of benzene rings is 2. The maximum atomic E-state index is 14.1. The fourth-order valence-corrected chi connectivity index (χ4v) is 8.79. The largest absolute Gasteiger partial charge is 0.633 e. The van der Waals surface area contributed by atoms with Gasteiger partial charge in [-0.1, -0.05) is 59.6 Å². The van der Waals surface area contributed by atoms with E-state index in [-0.39, 0.29) is 45.0 Å². The molecule has 3 aliphatic rings. The number of aromatic carboxylic acids is 1. The van der Waals surface area contributed by atoms with E-state index >= 15 is 0 Å². The summed E-state index contributed by atoms with van der Waals surface area (Å²) in [6.07, 6.45) is 3.74. The Morgan fingerprint density at radius 1 is 1.06 bits per heavy atom. The molecule has 3 fully saturated rings. The molecule has 3 saturated heterocycles. The van der Waals surface area contributed by atoms with Gasteiger partial charge in [0.05, 0.1) is 38.2 Å². The van der Waals surface area contributed by atoms with Crippen LogP contribution >= 0.6 is 34.5 Å². The quantitative estimate of drug-likeness (QED) is 0.0634. The first-order chi connectivity index (χ1) is 24.3. The first-order valence-corrected chi connectivity index (χ1v) is 18.1. The van der Waals surface area contributed by atoms with Crippen molar-refractivity contribution in [3.05, 3.63) is 114 Å². The Labute approximate surface area is 310 Å². The molecule has 2 aromatic carbocycles. The lowest BCUT2D eigenvalue weighted by molar-refractivity contribution is -0.904. The number of ether oxygens (including phenoxy) is 3. The number of pyridine rings is 1. The van der Waals surface area contributed by atoms with Crippen molar-refractivity contribution in [2.45, 2.75) is 50.3 Å². The number of thiophene rings is 1. The number of carbonyl (C=O) groups is 2. The smallest absolute Gasteiger partial charge is 0.331 e. The maximum absolute atomic E-state index is 14.1. The van der Waals surface area contributed by atoms with E-state index < -0.39 is 29.5 Å². The van der Waals surface area contributed by atoms with Crippen molar-refractivity contribution in [1.82, 2.24) is 5.32 Å². The Kier molecular flexibility index (Phi) is 10.8. The second-order valence-electron chi connectivity index (χ2n) is 13.3. The van der Waals surface area contributed by atoms with Gasteiger partial charge >= 0.3 is 5.97 Å². The number of piperidine rings is 3. The summed E-state index contributed by atoms with van der Waals surface area (Å²) >= 11 is 14.1. The Balaban J connectivity index is 1.35. The molecule has 3 atom stereocenters. The molecule has 4 aromatic rings. The number of hydroxylamine groups is 3. The molecule has 1 unspecified atom stereocenters. The van der Waals surface area contributed by atoms with Crippen LogP contribution in [0.15, 0.2) is 67.0 Å². The second-order valence-corrected chi connectivity index (χ2v) is 15.2. The Bertz CT molecular complexity index is 1890. The zero-order valence-corrected chi connectivity index (χ0v) is 30.7. The van der Waals surface area contributed by atoms with E-state index in [1.165, 1.54) is 26.6 Å². The lowest BCUT2D eigenvalue weighted by Crippen LogP contribution is -2.62. The van der Waals surface area contributed by atoms with E-state index in [1.807, 2.05) is 36.4 Å². The van der Waals surface area contributed by atoms with Gasteiger partial charge in [-0.15, -0.1) is 11.3 Å². The summed E-state index contributed by atoms with van der Waals surface area (Å²) < 4.78 is 17.5. The molecule has 0 amide bonds. The normalized spacial score (nSPS) is 21.5. The first-order valence-electron chi connectivity index (χ1n) is 16.6. The summed E-state index contributed by atoms with van der Waals surface area (Å²) in [6.45, 7) is 3.18. The summed E-state index contributed by atoms with van der Waals surface area (Å²) in [5, 5.41) is 39.5. The Morgan fingerprint density at radius 2 is 1.73 bits per heavy atom. The minimum absolute atomic E-state index is 0.00674. The lowest BCUT2D eigenvalue weighted by atomic mass is 9.84. The number of carboxylic acids is 1. The standard InChI is InChI=1S/C37H39Cl2N3O8S/c1-37(24-7-5-4-6-8-24,36(45)50-33-21-42(47)13-11-22(33)12-14-42)40-18-25-16-27(34(51-25)35(43)44)26(17-28-29(38)19-41(46)20-30(28)39)23-9-10-31(48-2)32(15-23)49-3/h4-10,15-16,19-20,22,26,33,40H,11-14,17-18,21H2,1-3H3,(H-,43,44,46)/t22?,26-,33-,37?,42?/m0/s1. The third kappa shape index (κ3) is 7.67. The average molecular weight is 757 g/mol. The predicted molar refractivity (Wildman–Crippen MR) is 189 cm³/mol. The van der Waals surface area contributed by atoms with Crippen molar-refractivity contribution in [1.29, 1.82) is 0 Å². The summed E-state index contributed by atoms with van der Waals surface area (Å²) in [4.78, 5) is 27.4. The molecule has 270 valence electrons. The average Bonchev–Trinajstić information content (AvgIpc) is 3.55. The van der Waals surface area contributed by atoms with Crippen molar-refractivity contribution < 1.29 is 43.5 Å². The van der Waals surface area contributed by atoms with Crippen LogP contribution < -0.4 is 24.6 Å². The number of nitrogens with zero attached hydrogens (tertiary/aromatic N) is 2. The van der Waals surface area contributed by atoms with Crippen molar-refractivity contribution in [3.63, 3.8) is 0 Å². The van der Waals surface area contributed by atoms with Crippen LogP contribution in [0.25, 0.3) is 0 Å². The van der Waals surface area contributed by atoms with Crippen LogP contribution in [0.3, 0.4) is 0 Å². The van der Waals surface area contributed by atoms with E-state index in [2.05, 4.69) is 5.32 Å². The Morgan fingerprint density at radius 3 is 2.33 bits per heavy atom. The number of hydrogen-bond donors (Lipinski definition) is 2. The van der Waals surface area contributed by atoms with Gasteiger partial charge in [-0.05, 0) is 48.2 Å². The molecule has 2 N–H and O–H groups in total. The van der Waals surface area contributed by atoms with Gasteiger partial charge in [0.2, 0.25) is 12.4 Å². The number of esters is 1. The van der Waals surface area contributed by atoms with Crippen molar-refractivity contribution in [2.24, 2.45) is 5.92 Å². The van der Waals surface area contributed by atoms with Crippen molar-refractivity contribution in [3.8, 4) is 11.5 Å². The predicted octanol–water partition coefficient (Wildman–Crippen LogP) is 4.99. The molecule has 51 heavy (non-hydrogen) atoms. The van der Waals surface area contributed by atoms with Crippen LogP contribution in [0, 0.1) is 11.1 Å². The van der Waals surface area contributed by atoms with Crippen LogP contribution in [0.4, 0.5) is 0 Å². The number of aromatic nitrogens is 1. The van der Waals surface area contributed by atoms with Gasteiger partial charge in [0.25, 0.3) is 0 Å². The van der Waals surface area contributed by atoms with E-state index in [0.29, 0.717) is 51.7 Å². The van der Waals surface area contributed by atoms with Gasteiger partial charge in [0, 0.05) is 46.4 Å². The zero-order valence-electron chi connectivity index (χ0n) is 28.4. The van der Waals surface area contributed by atoms with Crippen LogP contribution in [0.5, 0.6) is 11.5 Å². The van der Waals surface area contributed by atoms with E-state index in [0.717, 1.165) is 28.9 Å². The summed E-state index contributed by atoms with van der Waals surface area (Å²) in [7, 11) is 3.03. The number of carboxylic acid groups (broad SMARTS) is 1. The SMILES string of the molecule is COc1ccc([C@H](Cc2c(Cl)c[n+](O)cc2Cl)c2cc(CNC(C)(C(=O)O[C@H]3C[N+]4([O-])CCC3CC4)c3ccccc3)sc2C(=O)[O-])cc1OC. The Hall–Kier alpha value is -3.91. The van der Waals surface area contributed by atoms with Gasteiger partial charge in [-0.25, -0.2) is 4.79 Å². The number of carbonyl (C=O) groups excluding carboxylic acids is 2. The fraction of sp³-hybridized carbons (Fsp3) is 0.378. The third-order valence-electron chi connectivity index (χ3n) is 10.1. The van der Waals surface area contributed by atoms with Gasteiger partial charge in [0.1, 0.15) is 22.1 Å². The molecule has 0 radical (unpaired) electrons. The zero-order chi connectivity index (χ0) is 36.5. The molecule has 2 bridgehead atoms. The van der Waals surface area contributed by atoms with Gasteiger partial charge in [-0.3, -0.25) is 10.5 Å². The lowest BCUT2D eigenvalue weighted by Gasteiger charge is -2.55. The molecular weight excluding hydrogens is 717 g/mol. The molecule has 3 aliphatic heterocycles. The first kappa shape index (κ1) is 36.9. The number of halogens is 2. The molecule has 5 heterocycles. The molecule has 14 heteroatoms. The monoisotopic (exact) mass is 755 g/mol. The molecule has 2 aromatic heterocycles. The highest BCUT2D eigenvalue weighted by Gasteiger charge is 2.46. The molecule has 0 aliphatic carbocycles. The van der Waals surface area contributed by atoms with Crippen LogP contribution in [-0.4, -0.2) is 61.8 Å². The third-order valence-corrected chi connectivity index (χ3v) is 11.9. The highest BCUT2D eigenvalue weighted by Crippen LogP contribution is 2.41. The van der Waals surface area contributed by atoms with E-state index in [4.69, 9.17) is 37.4 Å². The van der Waals surface area contributed by atoms with Crippen LogP contribution in [0.1, 0.15) is 62.5 Å². The molecule has 11 nitrogen and oxygen atoms in total. The number of quaternary nitrogens is 1. The number of fused-ring (bicyclic) bond motifs is 3. The minimum Gasteiger partial charge on any atom is -0.633 e. The van der Waals surface area contributed by atoms with Gasteiger partial charge < -0.3 is 34.0 Å². The van der Waals surface area contributed by atoms with Crippen LogP contribution in [-0.2, 0) is 28.0 Å². The summed E-state index contributed by atoms with van der Waals surface area (Å²) in [5.74, 6) is -1.41. The summed E-state index contributed by atoms with van der Waals surface area (Å²) in [5.41, 5.74) is 0.969. The highest BCUT2D eigenvalue weighted by atomic mass is 35.5. The van der Waals surface area contributed by atoms with Gasteiger partial charge in [0.15, 0.2) is 17.6 Å². The van der Waals surface area contributed by atoms with Crippen molar-refractivity contribution in [2.75, 3.05) is 33.9 Å². The molecule has 0 saturated carbocycles. The second kappa shape index (κ2) is 15.0. The maximum Gasteiger partial charge on any atom is 0.331 e. The van der Waals surface area contributed by atoms with E-state index in [9.17, 15) is 25.1 Å². The van der Waals surface area contributed by atoms with Gasteiger partial charge in [-0.2, -0.15) is 0 Å². The van der Waals surface area contributed by atoms with E-state index in [1.54, 1.807) is 25.1 Å².